The second kappa shape index (κ2) is 4.72. The topological polar surface area (TPSA) is 30.2 Å². The molecule has 1 heterocycles. The third kappa shape index (κ3) is 2.18. The fraction of sp³-hybridized carbons (Fsp3) is 0. The Morgan fingerprint density at radius 2 is 1.85 bits per heavy atom. The van der Waals surface area contributed by atoms with Crippen LogP contribution in [-0.2, 0) is 0 Å². The largest absolute Gasteiger partial charge is 0.453 e. The maximum absolute atomic E-state index is 13.1. The molecule has 0 aliphatic heterocycles. The number of carbonyl (C=O) groups is 1. The minimum absolute atomic E-state index is 0.0493. The molecule has 0 unspecified atom stereocenters. The Morgan fingerprint density at radius 3 is 2.60 bits per heavy atom. The van der Waals surface area contributed by atoms with Crippen LogP contribution in [0.3, 0.4) is 0 Å². The van der Waals surface area contributed by atoms with Crippen molar-refractivity contribution in [2.45, 2.75) is 0 Å². The number of benzene rings is 2. The van der Waals surface area contributed by atoms with Gasteiger partial charge in [-0.2, -0.15) is 0 Å². The van der Waals surface area contributed by atoms with Gasteiger partial charge in [0, 0.05) is 10.9 Å². The van der Waals surface area contributed by atoms with Gasteiger partial charge in [0.1, 0.15) is 17.2 Å². The summed E-state index contributed by atoms with van der Waals surface area (Å²) in [5.41, 5.74) is 0.610. The highest BCUT2D eigenvalue weighted by molar-refractivity contribution is 6.31. The predicted molar refractivity (Wildman–Crippen MR) is 71.0 cm³/mol. The number of rotatable bonds is 2. The first-order valence-electron chi connectivity index (χ1n) is 5.73. The monoisotopic (exact) mass is 292 g/mol. The molecule has 2 aromatic carbocycles. The zero-order chi connectivity index (χ0) is 14.3. The van der Waals surface area contributed by atoms with E-state index in [0.29, 0.717) is 11.0 Å². The van der Waals surface area contributed by atoms with Crippen LogP contribution in [0.2, 0.25) is 5.02 Å². The smallest absolute Gasteiger partial charge is 0.228 e. The quantitative estimate of drug-likeness (QED) is 0.646. The maximum Gasteiger partial charge on any atom is 0.228 e. The number of halogens is 3. The first-order chi connectivity index (χ1) is 9.54. The molecule has 0 fully saturated rings. The van der Waals surface area contributed by atoms with Crippen molar-refractivity contribution in [1.29, 1.82) is 0 Å². The van der Waals surface area contributed by atoms with Crippen LogP contribution in [0.5, 0.6) is 0 Å². The second-order valence-electron chi connectivity index (χ2n) is 4.25. The van der Waals surface area contributed by atoms with Crippen LogP contribution < -0.4 is 0 Å². The minimum Gasteiger partial charge on any atom is -0.453 e. The summed E-state index contributed by atoms with van der Waals surface area (Å²) < 4.78 is 31.5. The molecule has 5 heteroatoms. The van der Waals surface area contributed by atoms with Crippen molar-refractivity contribution in [3.05, 3.63) is 70.4 Å². The third-order valence-electron chi connectivity index (χ3n) is 2.88. The number of hydrogen-bond donors (Lipinski definition) is 0. The molecule has 0 saturated carbocycles. The molecule has 0 amide bonds. The fourth-order valence-corrected chi connectivity index (χ4v) is 2.09. The molecule has 0 bridgehead atoms. The molecule has 0 radical (unpaired) electrons. The summed E-state index contributed by atoms with van der Waals surface area (Å²) in [7, 11) is 0. The lowest BCUT2D eigenvalue weighted by atomic mass is 10.1. The number of carbonyl (C=O) groups excluding carboxylic acids is 1. The van der Waals surface area contributed by atoms with Crippen molar-refractivity contribution in [1.82, 2.24) is 0 Å². The summed E-state index contributed by atoms with van der Waals surface area (Å²) >= 11 is 5.64. The number of ketones is 1. The molecule has 0 aliphatic carbocycles. The van der Waals surface area contributed by atoms with Crippen LogP contribution in [0.1, 0.15) is 16.1 Å². The first-order valence-corrected chi connectivity index (χ1v) is 6.11. The second-order valence-corrected chi connectivity index (χ2v) is 4.66. The van der Waals surface area contributed by atoms with Gasteiger partial charge in [-0.1, -0.05) is 11.6 Å². The van der Waals surface area contributed by atoms with Gasteiger partial charge in [0.05, 0.1) is 5.02 Å². The average Bonchev–Trinajstić information content (AvgIpc) is 2.84. The molecular weight excluding hydrogens is 286 g/mol. The molecule has 3 rings (SSSR count). The van der Waals surface area contributed by atoms with E-state index >= 15 is 0 Å². The average molecular weight is 293 g/mol. The summed E-state index contributed by atoms with van der Waals surface area (Å²) in [6, 6.07) is 9.06. The predicted octanol–water partition coefficient (Wildman–Crippen LogP) is 4.60. The van der Waals surface area contributed by atoms with Gasteiger partial charge < -0.3 is 4.42 Å². The SMILES string of the molecule is O=C(c1ccc(F)c(Cl)c1)c1cc2cc(F)ccc2o1. The van der Waals surface area contributed by atoms with E-state index in [1.165, 1.54) is 36.4 Å². The molecule has 0 saturated heterocycles. The fourth-order valence-electron chi connectivity index (χ4n) is 1.91. The van der Waals surface area contributed by atoms with Crippen molar-refractivity contribution >= 4 is 28.4 Å². The first kappa shape index (κ1) is 12.8. The highest BCUT2D eigenvalue weighted by Crippen LogP contribution is 2.24. The molecule has 0 spiro atoms. The summed E-state index contributed by atoms with van der Waals surface area (Å²) in [6.07, 6.45) is 0. The van der Waals surface area contributed by atoms with Crippen molar-refractivity contribution in [3.8, 4) is 0 Å². The minimum atomic E-state index is -0.602. The number of furan rings is 1. The summed E-state index contributed by atoms with van der Waals surface area (Å²) in [4.78, 5) is 12.2. The molecule has 0 atom stereocenters. The Labute approximate surface area is 117 Å². The van der Waals surface area contributed by atoms with E-state index in [2.05, 4.69) is 0 Å². The van der Waals surface area contributed by atoms with Gasteiger partial charge in [-0.15, -0.1) is 0 Å². The van der Waals surface area contributed by atoms with Crippen molar-refractivity contribution in [3.63, 3.8) is 0 Å². The molecule has 0 N–H and O–H groups in total. The van der Waals surface area contributed by atoms with Crippen LogP contribution in [0.25, 0.3) is 11.0 Å². The summed E-state index contributed by atoms with van der Waals surface area (Å²) in [5.74, 6) is -1.41. The molecule has 0 aliphatic rings. The zero-order valence-electron chi connectivity index (χ0n) is 9.99. The molecule has 100 valence electrons. The Balaban J connectivity index is 2.05. The summed E-state index contributed by atoms with van der Waals surface area (Å²) in [6.45, 7) is 0. The van der Waals surface area contributed by atoms with Gasteiger partial charge in [-0.25, -0.2) is 8.78 Å². The highest BCUT2D eigenvalue weighted by Gasteiger charge is 2.16. The van der Waals surface area contributed by atoms with Crippen LogP contribution in [0.4, 0.5) is 8.78 Å². The molecule has 3 aromatic rings. The van der Waals surface area contributed by atoms with Crippen LogP contribution >= 0.6 is 11.6 Å². The van der Waals surface area contributed by atoms with Gasteiger partial charge in [0.25, 0.3) is 0 Å². The maximum atomic E-state index is 13.1. The van der Waals surface area contributed by atoms with Gasteiger partial charge in [0.2, 0.25) is 5.78 Å². The lowest BCUT2D eigenvalue weighted by molar-refractivity contribution is 0.101. The standard InChI is InChI=1S/C15H7ClF2O2/c16-11-6-8(1-3-12(11)18)15(19)14-7-9-5-10(17)2-4-13(9)20-14/h1-7H. The van der Waals surface area contributed by atoms with Crippen LogP contribution in [0.15, 0.2) is 46.9 Å². The normalized spacial score (nSPS) is 10.9. The third-order valence-corrected chi connectivity index (χ3v) is 3.17. The van der Waals surface area contributed by atoms with E-state index < -0.39 is 17.4 Å². The van der Waals surface area contributed by atoms with E-state index in [1.54, 1.807) is 0 Å². The van der Waals surface area contributed by atoms with E-state index in [4.69, 9.17) is 16.0 Å². The number of hydrogen-bond acceptors (Lipinski definition) is 2. The van der Waals surface area contributed by atoms with Gasteiger partial charge in [0.15, 0.2) is 5.76 Å². The van der Waals surface area contributed by atoms with E-state index in [1.807, 2.05) is 0 Å². The van der Waals surface area contributed by atoms with E-state index in [9.17, 15) is 13.6 Å². The zero-order valence-corrected chi connectivity index (χ0v) is 10.7. The van der Waals surface area contributed by atoms with E-state index in [0.717, 1.165) is 6.07 Å². The Bertz CT molecular complexity index is 824. The summed E-state index contributed by atoms with van der Waals surface area (Å²) in [5, 5.41) is 0.347. The Kier molecular flexibility index (Phi) is 3.03. The molecular formula is C15H7ClF2O2. The number of fused-ring (bicyclic) bond motifs is 1. The molecule has 20 heavy (non-hydrogen) atoms. The van der Waals surface area contributed by atoms with Gasteiger partial charge >= 0.3 is 0 Å². The molecule has 1 aromatic heterocycles. The van der Waals surface area contributed by atoms with Crippen LogP contribution in [-0.4, -0.2) is 5.78 Å². The van der Waals surface area contributed by atoms with Crippen LogP contribution in [0, 0.1) is 11.6 Å². The Morgan fingerprint density at radius 1 is 1.05 bits per heavy atom. The van der Waals surface area contributed by atoms with Gasteiger partial charge in [-0.05, 0) is 42.5 Å². The lowest BCUT2D eigenvalue weighted by Gasteiger charge is -1.99. The van der Waals surface area contributed by atoms with E-state index in [-0.39, 0.29) is 16.3 Å². The molecule has 2 nitrogen and oxygen atoms in total. The van der Waals surface area contributed by atoms with Crippen molar-refractivity contribution < 1.29 is 18.0 Å². The highest BCUT2D eigenvalue weighted by atomic mass is 35.5. The van der Waals surface area contributed by atoms with Gasteiger partial charge in [-0.3, -0.25) is 4.79 Å². The van der Waals surface area contributed by atoms with Crippen molar-refractivity contribution in [2.75, 3.05) is 0 Å². The Hall–Kier alpha value is -2.20. The van der Waals surface area contributed by atoms with Crippen molar-refractivity contribution in [2.24, 2.45) is 0 Å². The lowest BCUT2D eigenvalue weighted by Crippen LogP contribution is -1.99.